The molecule has 0 aromatic carbocycles. The Balaban J connectivity index is 3.55. The molecule has 1 atom stereocenters. The molecule has 0 rings (SSSR count). The van der Waals surface area contributed by atoms with Crippen LogP contribution in [-0.2, 0) is 4.57 Å². The van der Waals surface area contributed by atoms with Gasteiger partial charge in [-0.05, 0) is 20.8 Å². The first-order valence-electron chi connectivity index (χ1n) is 2.60. The van der Waals surface area contributed by atoms with Crippen molar-refractivity contribution in [2.45, 2.75) is 26.3 Å². The number of hydrogen-bond acceptors (Lipinski definition) is 1. The zero-order valence-electron chi connectivity index (χ0n) is 5.86. The maximum Gasteiger partial charge on any atom is 0.429 e. The fourth-order valence-electron chi connectivity index (χ4n) is 0.472. The molecule has 0 aliphatic rings. The molecule has 8 heavy (non-hydrogen) atoms. The largest absolute Gasteiger partial charge is 0.429 e. The van der Waals surface area contributed by atoms with E-state index in [4.69, 9.17) is 0 Å². The Morgan fingerprint density at radius 2 is 1.75 bits per heavy atom. The summed E-state index contributed by atoms with van der Waals surface area (Å²) in [5.74, 6) is 0. The van der Waals surface area contributed by atoms with Crippen molar-refractivity contribution in [2.24, 2.45) is 0 Å². The fraction of sp³-hybridized carbons (Fsp3) is 1.00. The van der Waals surface area contributed by atoms with Crippen molar-refractivity contribution in [3.63, 3.8) is 0 Å². The smallest absolute Gasteiger partial charge is 0.104 e. The maximum absolute atomic E-state index is 10.5. The van der Waals surface area contributed by atoms with Crippen LogP contribution in [0.1, 0.15) is 20.8 Å². The van der Waals surface area contributed by atoms with E-state index in [1.165, 1.54) is 0 Å². The molecule has 0 fully saturated rings. The van der Waals surface area contributed by atoms with Gasteiger partial charge in [0.25, 0.3) is 0 Å². The van der Waals surface area contributed by atoms with E-state index in [1.54, 1.807) is 6.66 Å². The minimum Gasteiger partial charge on any atom is -0.104 e. The summed E-state index contributed by atoms with van der Waals surface area (Å²) >= 11 is 0. The molecular weight excluding hydrogens is 121 g/mol. The van der Waals surface area contributed by atoms with Crippen LogP contribution in [0.3, 0.4) is 0 Å². The molecule has 1 N–H and O–H groups in total. The Bertz CT molecular complexity index is 95.1. The first-order chi connectivity index (χ1) is 3.42. The van der Waals surface area contributed by atoms with Crippen molar-refractivity contribution in [2.75, 3.05) is 6.66 Å². The topological polar surface area (TPSA) is 29.1 Å². The Morgan fingerprint density at radius 1 is 1.38 bits per heavy atom. The summed E-state index contributed by atoms with van der Waals surface area (Å²) in [7, 11) is -1.19. The maximum atomic E-state index is 10.5. The standard InChI is InChI=1S/C5H13NOP/c1-5(2,3)6-8(4)7/h1-4H3,(H,6,7)/q+1. The number of hydrogen-bond donors (Lipinski definition) is 1. The Kier molecular flexibility index (Phi) is 2.58. The molecule has 0 saturated carbocycles. The molecule has 0 bridgehead atoms. The lowest BCUT2D eigenvalue weighted by Gasteiger charge is -2.10. The van der Waals surface area contributed by atoms with Gasteiger partial charge in [0.05, 0.1) is 5.54 Å². The minimum absolute atomic E-state index is 0.0117. The average molecular weight is 134 g/mol. The van der Waals surface area contributed by atoms with E-state index in [9.17, 15) is 4.57 Å². The van der Waals surface area contributed by atoms with Crippen LogP contribution in [-0.4, -0.2) is 12.2 Å². The highest BCUT2D eigenvalue weighted by Crippen LogP contribution is 2.13. The predicted molar refractivity (Wildman–Crippen MR) is 36.4 cm³/mol. The second-order valence-electron chi connectivity index (χ2n) is 2.86. The van der Waals surface area contributed by atoms with Crippen LogP contribution in [0.15, 0.2) is 0 Å². The SMILES string of the molecule is C[P+](=O)NC(C)(C)C. The zero-order chi connectivity index (χ0) is 6.78. The van der Waals surface area contributed by atoms with E-state index in [1.807, 2.05) is 20.8 Å². The Morgan fingerprint density at radius 3 is 1.75 bits per heavy atom. The Hall–Kier alpha value is 0.0600. The van der Waals surface area contributed by atoms with Crippen molar-refractivity contribution >= 4 is 7.95 Å². The molecule has 0 aromatic rings. The second kappa shape index (κ2) is 2.56. The van der Waals surface area contributed by atoms with Crippen molar-refractivity contribution < 1.29 is 4.57 Å². The highest BCUT2D eigenvalue weighted by Gasteiger charge is 2.18. The van der Waals surface area contributed by atoms with Gasteiger partial charge in [-0.3, -0.25) is 0 Å². The summed E-state index contributed by atoms with van der Waals surface area (Å²) in [5, 5.41) is 2.89. The summed E-state index contributed by atoms with van der Waals surface area (Å²) in [6.07, 6.45) is 0. The number of nitrogens with one attached hydrogen (secondary N) is 1. The molecule has 0 radical (unpaired) electrons. The lowest BCUT2D eigenvalue weighted by Crippen LogP contribution is -2.29. The van der Waals surface area contributed by atoms with E-state index in [0.717, 1.165) is 0 Å². The lowest BCUT2D eigenvalue weighted by molar-refractivity contribution is 0.503. The zero-order valence-corrected chi connectivity index (χ0v) is 6.75. The van der Waals surface area contributed by atoms with E-state index >= 15 is 0 Å². The average Bonchev–Trinajstić information content (AvgIpc) is 1.21. The van der Waals surface area contributed by atoms with E-state index < -0.39 is 7.95 Å². The van der Waals surface area contributed by atoms with E-state index in [0.29, 0.717) is 0 Å². The summed E-state index contributed by atoms with van der Waals surface area (Å²) < 4.78 is 10.5. The van der Waals surface area contributed by atoms with Crippen molar-refractivity contribution in [3.05, 3.63) is 0 Å². The lowest BCUT2D eigenvalue weighted by atomic mass is 10.1. The van der Waals surface area contributed by atoms with Crippen LogP contribution in [0.25, 0.3) is 0 Å². The third-order valence-corrected chi connectivity index (χ3v) is 1.48. The third-order valence-electron chi connectivity index (χ3n) is 0.493. The van der Waals surface area contributed by atoms with E-state index in [-0.39, 0.29) is 5.54 Å². The van der Waals surface area contributed by atoms with E-state index in [2.05, 4.69) is 5.09 Å². The van der Waals surface area contributed by atoms with Crippen LogP contribution in [0, 0.1) is 0 Å². The highest BCUT2D eigenvalue weighted by atomic mass is 31.1. The van der Waals surface area contributed by atoms with Crippen LogP contribution >= 0.6 is 7.95 Å². The molecule has 0 amide bonds. The van der Waals surface area contributed by atoms with Gasteiger partial charge in [0.1, 0.15) is 0 Å². The van der Waals surface area contributed by atoms with Crippen LogP contribution in [0.5, 0.6) is 0 Å². The summed E-state index contributed by atoms with van der Waals surface area (Å²) in [5.41, 5.74) is -0.0117. The van der Waals surface area contributed by atoms with Gasteiger partial charge in [0.15, 0.2) is 6.66 Å². The minimum atomic E-state index is -1.19. The summed E-state index contributed by atoms with van der Waals surface area (Å²) in [6, 6.07) is 0. The first kappa shape index (κ1) is 8.06. The Labute approximate surface area is 51.5 Å². The highest BCUT2D eigenvalue weighted by molar-refractivity contribution is 7.41. The van der Waals surface area contributed by atoms with Gasteiger partial charge in [-0.2, -0.15) is 0 Å². The molecule has 0 aliphatic heterocycles. The third kappa shape index (κ3) is 6.06. The molecule has 0 heterocycles. The van der Waals surface area contributed by atoms with Gasteiger partial charge in [0.2, 0.25) is 0 Å². The summed E-state index contributed by atoms with van der Waals surface area (Å²) in [4.78, 5) is 0. The number of rotatable bonds is 1. The van der Waals surface area contributed by atoms with Gasteiger partial charge in [-0.25, -0.2) is 0 Å². The molecule has 0 saturated heterocycles. The molecule has 0 spiro atoms. The fourth-order valence-corrected chi connectivity index (χ4v) is 1.42. The van der Waals surface area contributed by atoms with Gasteiger partial charge < -0.3 is 0 Å². The molecule has 1 unspecified atom stereocenters. The second-order valence-corrected chi connectivity index (χ2v) is 4.08. The predicted octanol–water partition coefficient (Wildman–Crippen LogP) is 1.75. The van der Waals surface area contributed by atoms with Crippen LogP contribution in [0.2, 0.25) is 0 Å². The van der Waals surface area contributed by atoms with Crippen molar-refractivity contribution in [3.8, 4) is 0 Å². The molecule has 0 aliphatic carbocycles. The molecule has 48 valence electrons. The van der Waals surface area contributed by atoms with Gasteiger partial charge in [0, 0.05) is 0 Å². The monoisotopic (exact) mass is 134 g/mol. The first-order valence-corrected chi connectivity index (χ1v) is 4.31. The van der Waals surface area contributed by atoms with Crippen LogP contribution < -0.4 is 5.09 Å². The van der Waals surface area contributed by atoms with Crippen molar-refractivity contribution in [1.29, 1.82) is 0 Å². The van der Waals surface area contributed by atoms with Gasteiger partial charge in [-0.15, -0.1) is 5.09 Å². The van der Waals surface area contributed by atoms with Crippen LogP contribution in [0.4, 0.5) is 0 Å². The molecule has 0 aromatic heterocycles. The molecule has 3 heteroatoms. The summed E-state index contributed by atoms with van der Waals surface area (Å²) in [6.45, 7) is 7.64. The van der Waals surface area contributed by atoms with Crippen molar-refractivity contribution in [1.82, 2.24) is 5.09 Å². The van der Waals surface area contributed by atoms with Gasteiger partial charge in [-0.1, -0.05) is 4.57 Å². The normalized spacial score (nSPS) is 13.8. The molecular formula is C5H13NOP+. The van der Waals surface area contributed by atoms with Gasteiger partial charge >= 0.3 is 7.95 Å². The quantitative estimate of drug-likeness (QED) is 0.553. The molecule has 2 nitrogen and oxygen atoms in total.